The molecule has 0 radical (unpaired) electrons. The van der Waals surface area contributed by atoms with Gasteiger partial charge in [0, 0.05) is 12.3 Å². The summed E-state index contributed by atoms with van der Waals surface area (Å²) in [5.74, 6) is 0.910. The van der Waals surface area contributed by atoms with Crippen molar-refractivity contribution in [2.24, 2.45) is 4.99 Å². The van der Waals surface area contributed by atoms with Crippen LogP contribution in [0.25, 0.3) is 0 Å². The number of benzene rings is 2. The number of rotatable bonds is 5. The standard InChI is InChI=1S/C23H29NO/c1-17-9-12-21(19(3)18(17)2)16-25-23-13-10-20(11-14-23)15-24-22-7-5-4-6-8-22/h9-15,22H,4-8,16H2,1-3H3/b24-15+. The molecule has 1 aliphatic rings. The number of hydrogen-bond acceptors (Lipinski definition) is 2. The van der Waals surface area contributed by atoms with Crippen LogP contribution >= 0.6 is 0 Å². The van der Waals surface area contributed by atoms with Crippen molar-refractivity contribution in [1.29, 1.82) is 0 Å². The zero-order chi connectivity index (χ0) is 17.6. The van der Waals surface area contributed by atoms with Crippen molar-refractivity contribution in [1.82, 2.24) is 0 Å². The first-order valence-electron chi connectivity index (χ1n) is 9.45. The van der Waals surface area contributed by atoms with Crippen molar-refractivity contribution in [3.05, 3.63) is 64.2 Å². The van der Waals surface area contributed by atoms with Gasteiger partial charge in [-0.2, -0.15) is 0 Å². The number of hydrogen-bond donors (Lipinski definition) is 0. The van der Waals surface area contributed by atoms with E-state index < -0.39 is 0 Å². The summed E-state index contributed by atoms with van der Waals surface area (Å²) in [4.78, 5) is 4.74. The van der Waals surface area contributed by atoms with Crippen LogP contribution in [-0.4, -0.2) is 12.3 Å². The molecule has 2 heteroatoms. The third-order valence-corrected chi connectivity index (χ3v) is 5.45. The molecule has 0 aromatic heterocycles. The summed E-state index contributed by atoms with van der Waals surface area (Å²) < 4.78 is 5.97. The second kappa shape index (κ2) is 8.33. The molecule has 0 saturated heterocycles. The molecule has 0 unspecified atom stereocenters. The van der Waals surface area contributed by atoms with Crippen molar-refractivity contribution in [3.63, 3.8) is 0 Å². The minimum absolute atomic E-state index is 0.525. The van der Waals surface area contributed by atoms with Crippen LogP contribution in [-0.2, 0) is 6.61 Å². The lowest BCUT2D eigenvalue weighted by Gasteiger charge is -2.17. The summed E-state index contributed by atoms with van der Waals surface area (Å²) in [6.07, 6.45) is 8.53. The first-order chi connectivity index (χ1) is 12.1. The van der Waals surface area contributed by atoms with Crippen molar-refractivity contribution >= 4 is 6.21 Å². The third kappa shape index (κ3) is 4.72. The molecule has 3 rings (SSSR count). The van der Waals surface area contributed by atoms with Gasteiger partial charge in [0.15, 0.2) is 0 Å². The first-order valence-corrected chi connectivity index (χ1v) is 9.45. The highest BCUT2D eigenvalue weighted by atomic mass is 16.5. The molecule has 1 saturated carbocycles. The van der Waals surface area contributed by atoms with Crippen molar-refractivity contribution in [2.75, 3.05) is 0 Å². The predicted molar refractivity (Wildman–Crippen MR) is 106 cm³/mol. The van der Waals surface area contributed by atoms with Gasteiger partial charge >= 0.3 is 0 Å². The SMILES string of the molecule is Cc1ccc(COc2ccc(/C=N/C3CCCCC3)cc2)c(C)c1C. The molecule has 0 N–H and O–H groups in total. The lowest BCUT2D eigenvalue weighted by Crippen LogP contribution is -2.09. The van der Waals surface area contributed by atoms with Gasteiger partial charge in [-0.1, -0.05) is 31.4 Å². The van der Waals surface area contributed by atoms with Gasteiger partial charge in [-0.05, 0) is 85.7 Å². The summed E-state index contributed by atoms with van der Waals surface area (Å²) >= 11 is 0. The van der Waals surface area contributed by atoms with E-state index in [4.69, 9.17) is 9.73 Å². The van der Waals surface area contributed by atoms with E-state index in [1.165, 1.54) is 54.4 Å². The van der Waals surface area contributed by atoms with Crippen molar-refractivity contribution in [3.8, 4) is 5.75 Å². The van der Waals surface area contributed by atoms with Gasteiger partial charge in [-0.3, -0.25) is 4.99 Å². The second-order valence-electron chi connectivity index (χ2n) is 7.22. The van der Waals surface area contributed by atoms with E-state index in [1.54, 1.807) is 0 Å². The van der Waals surface area contributed by atoms with E-state index in [0.29, 0.717) is 12.6 Å². The average molecular weight is 335 g/mol. The molecule has 0 spiro atoms. The quantitative estimate of drug-likeness (QED) is 0.619. The Bertz CT molecular complexity index is 725. The third-order valence-electron chi connectivity index (χ3n) is 5.45. The van der Waals surface area contributed by atoms with E-state index in [1.807, 2.05) is 18.3 Å². The highest BCUT2D eigenvalue weighted by Crippen LogP contribution is 2.21. The normalized spacial score (nSPS) is 15.6. The van der Waals surface area contributed by atoms with Crippen molar-refractivity contribution < 1.29 is 4.74 Å². The molecule has 1 fully saturated rings. The van der Waals surface area contributed by atoms with Crippen LogP contribution in [0.15, 0.2) is 41.4 Å². The van der Waals surface area contributed by atoms with E-state index in [9.17, 15) is 0 Å². The Morgan fingerprint density at radius 1 is 0.920 bits per heavy atom. The molecule has 0 aliphatic heterocycles. The monoisotopic (exact) mass is 335 g/mol. The molecule has 132 valence electrons. The lowest BCUT2D eigenvalue weighted by atomic mass is 9.96. The number of aliphatic imine (C=N–C) groups is 1. The highest BCUT2D eigenvalue weighted by molar-refractivity contribution is 5.79. The summed E-state index contributed by atoms with van der Waals surface area (Å²) in [5, 5.41) is 0. The van der Waals surface area contributed by atoms with E-state index in [0.717, 1.165) is 11.3 Å². The van der Waals surface area contributed by atoms with Crippen LogP contribution in [0.5, 0.6) is 5.75 Å². The van der Waals surface area contributed by atoms with E-state index in [-0.39, 0.29) is 0 Å². The van der Waals surface area contributed by atoms with Gasteiger partial charge < -0.3 is 4.74 Å². The summed E-state index contributed by atoms with van der Waals surface area (Å²) in [7, 11) is 0. The second-order valence-corrected chi connectivity index (χ2v) is 7.22. The summed E-state index contributed by atoms with van der Waals surface area (Å²) in [6.45, 7) is 7.11. The Morgan fingerprint density at radius 3 is 2.36 bits per heavy atom. The number of ether oxygens (including phenoxy) is 1. The Balaban J connectivity index is 1.57. The Labute approximate surface area is 152 Å². The Morgan fingerprint density at radius 2 is 1.64 bits per heavy atom. The molecule has 1 aliphatic carbocycles. The van der Waals surface area contributed by atoms with Crippen molar-refractivity contribution in [2.45, 2.75) is 65.5 Å². The Kier molecular flexibility index (Phi) is 5.91. The smallest absolute Gasteiger partial charge is 0.119 e. The molecule has 0 atom stereocenters. The predicted octanol–water partition coefficient (Wildman–Crippen LogP) is 5.94. The van der Waals surface area contributed by atoms with Gasteiger partial charge in [0.1, 0.15) is 12.4 Å². The van der Waals surface area contributed by atoms with Gasteiger partial charge in [0.2, 0.25) is 0 Å². The largest absolute Gasteiger partial charge is 0.489 e. The highest BCUT2D eigenvalue weighted by Gasteiger charge is 2.10. The zero-order valence-corrected chi connectivity index (χ0v) is 15.7. The molecule has 2 aromatic rings. The molecule has 0 amide bonds. The molecule has 2 nitrogen and oxygen atoms in total. The number of aryl methyl sites for hydroxylation is 1. The first kappa shape index (κ1) is 17.7. The van der Waals surface area contributed by atoms with Gasteiger partial charge in [0.25, 0.3) is 0 Å². The average Bonchev–Trinajstić information content (AvgIpc) is 2.66. The van der Waals surface area contributed by atoms with E-state index in [2.05, 4.69) is 45.0 Å². The number of nitrogens with zero attached hydrogens (tertiary/aromatic N) is 1. The van der Waals surface area contributed by atoms with Crippen LogP contribution < -0.4 is 4.74 Å². The fraction of sp³-hybridized carbons (Fsp3) is 0.435. The Hall–Kier alpha value is -2.09. The van der Waals surface area contributed by atoms with Crippen LogP contribution in [0.3, 0.4) is 0 Å². The summed E-state index contributed by atoms with van der Waals surface area (Å²) in [6, 6.07) is 13.1. The van der Waals surface area contributed by atoms with E-state index >= 15 is 0 Å². The lowest BCUT2D eigenvalue weighted by molar-refractivity contribution is 0.305. The van der Waals surface area contributed by atoms with Crippen LogP contribution in [0.2, 0.25) is 0 Å². The molecular weight excluding hydrogens is 306 g/mol. The van der Waals surface area contributed by atoms with Gasteiger partial charge in [0.05, 0.1) is 0 Å². The zero-order valence-electron chi connectivity index (χ0n) is 15.7. The molecule has 0 bridgehead atoms. The maximum atomic E-state index is 5.97. The van der Waals surface area contributed by atoms with Gasteiger partial charge in [-0.15, -0.1) is 0 Å². The molecular formula is C23H29NO. The topological polar surface area (TPSA) is 21.6 Å². The fourth-order valence-corrected chi connectivity index (χ4v) is 3.40. The maximum Gasteiger partial charge on any atom is 0.119 e. The van der Waals surface area contributed by atoms with Crippen LogP contribution in [0.4, 0.5) is 0 Å². The molecule has 25 heavy (non-hydrogen) atoms. The molecule has 0 heterocycles. The maximum absolute atomic E-state index is 5.97. The fourth-order valence-electron chi connectivity index (χ4n) is 3.40. The summed E-state index contributed by atoms with van der Waals surface area (Å²) in [5.41, 5.74) is 6.43. The minimum Gasteiger partial charge on any atom is -0.489 e. The molecule has 2 aromatic carbocycles. The minimum atomic E-state index is 0.525. The van der Waals surface area contributed by atoms with Crippen LogP contribution in [0, 0.1) is 20.8 Å². The van der Waals surface area contributed by atoms with Gasteiger partial charge in [-0.25, -0.2) is 0 Å². The van der Waals surface area contributed by atoms with Crippen LogP contribution in [0.1, 0.15) is 59.9 Å².